The summed E-state index contributed by atoms with van der Waals surface area (Å²) in [7, 11) is 0. The summed E-state index contributed by atoms with van der Waals surface area (Å²) in [6, 6.07) is 0. The van der Waals surface area contributed by atoms with Gasteiger partial charge in [-0.05, 0) is 12.2 Å². The molecule has 18 heavy (non-hydrogen) atoms. The second-order valence-electron chi connectivity index (χ2n) is 4.45. The van der Waals surface area contributed by atoms with Crippen LogP contribution in [0.25, 0.3) is 0 Å². The molecule has 0 aromatic heterocycles. The van der Waals surface area contributed by atoms with Crippen LogP contribution in [0.15, 0.2) is 12.7 Å². The molecule has 0 saturated heterocycles. The molecule has 0 aliphatic carbocycles. The number of carboxylic acid groups (broad SMARTS) is 1. The van der Waals surface area contributed by atoms with Crippen molar-refractivity contribution < 1.29 is 9.90 Å². The van der Waals surface area contributed by atoms with Crippen molar-refractivity contribution in [2.75, 3.05) is 5.75 Å². The Morgan fingerprint density at radius 1 is 1.00 bits per heavy atom. The van der Waals surface area contributed by atoms with Crippen LogP contribution in [0.1, 0.15) is 71.1 Å². The molecular weight excluding hydrogens is 244 g/mol. The number of rotatable bonds is 11. The number of thiol groups is 1. The predicted molar refractivity (Wildman–Crippen MR) is 83.5 cm³/mol. The van der Waals surface area contributed by atoms with Gasteiger partial charge in [-0.25, -0.2) is 4.79 Å². The lowest BCUT2D eigenvalue weighted by molar-refractivity contribution is -0.131. The second-order valence-corrected chi connectivity index (χ2v) is 4.90. The molecule has 0 aromatic carbocycles. The molecule has 0 rings (SSSR count). The van der Waals surface area contributed by atoms with Crippen LogP contribution < -0.4 is 0 Å². The molecule has 0 atom stereocenters. The Hall–Kier alpha value is -0.440. The summed E-state index contributed by atoms with van der Waals surface area (Å²) in [5.74, 6) is 0.0845. The van der Waals surface area contributed by atoms with Crippen LogP contribution in [0.3, 0.4) is 0 Å². The van der Waals surface area contributed by atoms with E-state index in [0.717, 1.165) is 11.8 Å². The van der Waals surface area contributed by atoms with Crippen molar-refractivity contribution in [1.82, 2.24) is 0 Å². The highest BCUT2D eigenvalue weighted by molar-refractivity contribution is 7.80. The molecule has 0 aromatic rings. The van der Waals surface area contributed by atoms with Crippen molar-refractivity contribution in [1.29, 1.82) is 0 Å². The van der Waals surface area contributed by atoms with E-state index in [1.54, 1.807) is 0 Å². The van der Waals surface area contributed by atoms with E-state index in [9.17, 15) is 4.79 Å². The quantitative estimate of drug-likeness (QED) is 0.313. The summed E-state index contributed by atoms with van der Waals surface area (Å²) >= 11 is 4.20. The number of carboxylic acids is 1. The van der Waals surface area contributed by atoms with E-state index in [-0.39, 0.29) is 0 Å². The zero-order chi connectivity index (χ0) is 14.1. The third kappa shape index (κ3) is 24.7. The van der Waals surface area contributed by atoms with Crippen LogP contribution in [0.4, 0.5) is 0 Å². The molecule has 3 heteroatoms. The SMILES string of the molecule is C=CC(=O)O.CCCCCCCCCCCCS. The minimum atomic E-state index is -0.981. The van der Waals surface area contributed by atoms with Gasteiger partial charge >= 0.3 is 5.97 Å². The van der Waals surface area contributed by atoms with Crippen LogP contribution in [0.5, 0.6) is 0 Å². The van der Waals surface area contributed by atoms with Crippen molar-refractivity contribution in [3.63, 3.8) is 0 Å². The molecule has 1 N–H and O–H groups in total. The van der Waals surface area contributed by atoms with Gasteiger partial charge in [-0.3, -0.25) is 0 Å². The van der Waals surface area contributed by atoms with Crippen molar-refractivity contribution in [3.8, 4) is 0 Å². The molecule has 0 radical (unpaired) electrons. The van der Waals surface area contributed by atoms with Gasteiger partial charge in [0.1, 0.15) is 0 Å². The Kier molecular flexibility index (Phi) is 20.9. The number of aliphatic carboxylic acids is 1. The van der Waals surface area contributed by atoms with Crippen LogP contribution in [0.2, 0.25) is 0 Å². The van der Waals surface area contributed by atoms with E-state index in [2.05, 4.69) is 26.1 Å². The standard InChI is InChI=1S/C12H26S.C3H4O2/c1-2-3-4-5-6-7-8-9-10-11-12-13;1-2-3(4)5/h13H,2-12H2,1H3;2H,1H2,(H,4,5). The highest BCUT2D eigenvalue weighted by Crippen LogP contribution is 2.10. The summed E-state index contributed by atoms with van der Waals surface area (Å²) in [5.41, 5.74) is 0. The van der Waals surface area contributed by atoms with Gasteiger partial charge in [0.15, 0.2) is 0 Å². The Morgan fingerprint density at radius 3 is 1.61 bits per heavy atom. The average Bonchev–Trinajstić information content (AvgIpc) is 2.37. The molecule has 0 aliphatic heterocycles. The van der Waals surface area contributed by atoms with Crippen molar-refractivity contribution >= 4 is 18.6 Å². The van der Waals surface area contributed by atoms with Crippen molar-refractivity contribution in [2.45, 2.75) is 71.1 Å². The van der Waals surface area contributed by atoms with Gasteiger partial charge in [-0.2, -0.15) is 12.6 Å². The maximum atomic E-state index is 9.25. The molecule has 0 bridgehead atoms. The van der Waals surface area contributed by atoms with Gasteiger partial charge in [0.2, 0.25) is 0 Å². The molecule has 0 aliphatic rings. The van der Waals surface area contributed by atoms with Gasteiger partial charge in [0.05, 0.1) is 0 Å². The first-order valence-corrected chi connectivity index (χ1v) is 7.78. The summed E-state index contributed by atoms with van der Waals surface area (Å²) in [4.78, 5) is 9.25. The summed E-state index contributed by atoms with van der Waals surface area (Å²) < 4.78 is 0. The van der Waals surface area contributed by atoms with Gasteiger partial charge in [-0.1, -0.05) is 71.3 Å². The molecule has 0 heterocycles. The topological polar surface area (TPSA) is 37.3 Å². The third-order valence-electron chi connectivity index (χ3n) is 2.69. The Labute approximate surface area is 118 Å². The van der Waals surface area contributed by atoms with Crippen molar-refractivity contribution in [3.05, 3.63) is 12.7 Å². The third-order valence-corrected chi connectivity index (χ3v) is 3.00. The predicted octanol–water partition coefficient (Wildman–Crippen LogP) is 5.09. The van der Waals surface area contributed by atoms with E-state index in [1.165, 1.54) is 64.2 Å². The van der Waals surface area contributed by atoms with Crippen LogP contribution in [-0.2, 0) is 4.79 Å². The van der Waals surface area contributed by atoms with E-state index < -0.39 is 5.97 Å². The van der Waals surface area contributed by atoms with Gasteiger partial charge in [0, 0.05) is 6.08 Å². The van der Waals surface area contributed by atoms with Crippen LogP contribution in [-0.4, -0.2) is 16.8 Å². The Morgan fingerprint density at radius 2 is 1.33 bits per heavy atom. The molecule has 108 valence electrons. The number of carbonyl (C=O) groups is 1. The zero-order valence-corrected chi connectivity index (χ0v) is 12.8. The first-order valence-electron chi connectivity index (χ1n) is 7.15. The molecule has 0 saturated carbocycles. The molecule has 0 fully saturated rings. The first-order chi connectivity index (χ1) is 8.68. The van der Waals surface area contributed by atoms with Crippen molar-refractivity contribution in [2.24, 2.45) is 0 Å². The van der Waals surface area contributed by atoms with E-state index in [4.69, 9.17) is 5.11 Å². The molecule has 0 unspecified atom stereocenters. The smallest absolute Gasteiger partial charge is 0.327 e. The van der Waals surface area contributed by atoms with Gasteiger partial charge < -0.3 is 5.11 Å². The van der Waals surface area contributed by atoms with Gasteiger partial charge in [-0.15, -0.1) is 0 Å². The molecule has 0 amide bonds. The molecule has 2 nitrogen and oxygen atoms in total. The fourth-order valence-corrected chi connectivity index (χ4v) is 1.82. The minimum absolute atomic E-state index is 0.833. The van der Waals surface area contributed by atoms with E-state index in [0.29, 0.717) is 0 Å². The summed E-state index contributed by atoms with van der Waals surface area (Å²) in [5, 5.41) is 7.60. The average molecular weight is 274 g/mol. The maximum Gasteiger partial charge on any atom is 0.327 e. The lowest BCUT2D eigenvalue weighted by Crippen LogP contribution is -1.82. The minimum Gasteiger partial charge on any atom is -0.478 e. The second kappa shape index (κ2) is 18.9. The largest absolute Gasteiger partial charge is 0.478 e. The number of hydrogen-bond donors (Lipinski definition) is 2. The molecule has 0 spiro atoms. The lowest BCUT2D eigenvalue weighted by atomic mass is 10.1. The van der Waals surface area contributed by atoms with E-state index in [1.807, 2.05) is 0 Å². The monoisotopic (exact) mass is 274 g/mol. The van der Waals surface area contributed by atoms with Gasteiger partial charge in [0.25, 0.3) is 0 Å². The van der Waals surface area contributed by atoms with Crippen LogP contribution >= 0.6 is 12.6 Å². The van der Waals surface area contributed by atoms with Crippen LogP contribution in [0, 0.1) is 0 Å². The zero-order valence-electron chi connectivity index (χ0n) is 11.9. The summed E-state index contributed by atoms with van der Waals surface area (Å²) in [6.07, 6.45) is 15.0. The summed E-state index contributed by atoms with van der Waals surface area (Å²) in [6.45, 7) is 5.24. The number of unbranched alkanes of at least 4 members (excludes halogenated alkanes) is 9. The Bertz CT molecular complexity index is 171. The number of hydrogen-bond acceptors (Lipinski definition) is 2. The highest BCUT2D eigenvalue weighted by atomic mass is 32.1. The first kappa shape index (κ1) is 19.9. The highest BCUT2D eigenvalue weighted by Gasteiger charge is 1.91. The lowest BCUT2D eigenvalue weighted by Gasteiger charge is -2.00. The van der Waals surface area contributed by atoms with E-state index >= 15 is 0 Å². The normalized spacial score (nSPS) is 9.44. The molecular formula is C15H30O2S. The maximum absolute atomic E-state index is 9.25. The Balaban J connectivity index is 0. The fourth-order valence-electron chi connectivity index (χ4n) is 1.60. The fraction of sp³-hybridized carbons (Fsp3) is 0.800.